The van der Waals surface area contributed by atoms with Crippen LogP contribution >= 0.6 is 0 Å². The Hall–Kier alpha value is -2.66. The molecule has 0 saturated heterocycles. The largest absolute Gasteiger partial charge is 0.479 e. The van der Waals surface area contributed by atoms with Crippen LogP contribution in [-0.4, -0.2) is 22.6 Å². The van der Waals surface area contributed by atoms with Crippen LogP contribution < -0.4 is 5.73 Å². The second-order valence-corrected chi connectivity index (χ2v) is 6.68. The zero-order chi connectivity index (χ0) is 18.2. The fourth-order valence-electron chi connectivity index (χ4n) is 3.19. The zero-order valence-corrected chi connectivity index (χ0v) is 14.3. The Morgan fingerprint density at radius 3 is 2.52 bits per heavy atom. The molecule has 130 valence electrons. The minimum Gasteiger partial charge on any atom is -0.479 e. The molecule has 25 heavy (non-hydrogen) atoms. The average Bonchev–Trinajstić information content (AvgIpc) is 2.97. The van der Waals surface area contributed by atoms with E-state index in [1.165, 1.54) is 11.1 Å². The molecule has 0 amide bonds. The van der Waals surface area contributed by atoms with Crippen LogP contribution in [0.4, 0.5) is 0 Å². The molecule has 2 aromatic carbocycles. The summed E-state index contributed by atoms with van der Waals surface area (Å²) in [5, 5.41) is 9.32. The highest BCUT2D eigenvalue weighted by Gasteiger charge is 2.47. The molecule has 1 atom stereocenters. The van der Waals surface area contributed by atoms with Gasteiger partial charge in [0.25, 0.3) is 0 Å². The van der Waals surface area contributed by atoms with Crippen molar-refractivity contribution < 1.29 is 19.4 Å². The summed E-state index contributed by atoms with van der Waals surface area (Å²) in [5.74, 6) is -2.87. The summed E-state index contributed by atoms with van der Waals surface area (Å²) >= 11 is 0. The van der Waals surface area contributed by atoms with Gasteiger partial charge < -0.3 is 15.6 Å². The van der Waals surface area contributed by atoms with E-state index in [2.05, 4.69) is 12.1 Å². The van der Waals surface area contributed by atoms with Gasteiger partial charge in [-0.3, -0.25) is 0 Å². The Labute approximate surface area is 146 Å². The normalized spacial score (nSPS) is 14.6. The lowest BCUT2D eigenvalue weighted by molar-refractivity contribution is -0.164. The smallest absolute Gasteiger partial charge is 0.338 e. The second-order valence-electron chi connectivity index (χ2n) is 6.68. The van der Waals surface area contributed by atoms with Gasteiger partial charge in [0.1, 0.15) is 6.61 Å². The number of ether oxygens (including phenoxy) is 1. The van der Waals surface area contributed by atoms with E-state index < -0.39 is 23.4 Å². The van der Waals surface area contributed by atoms with Crippen LogP contribution in [0.5, 0.6) is 0 Å². The van der Waals surface area contributed by atoms with Crippen molar-refractivity contribution in [2.75, 3.05) is 0 Å². The number of aliphatic carboxylic acids is 1. The molecule has 0 fully saturated rings. The first kappa shape index (κ1) is 17.2. The van der Waals surface area contributed by atoms with Gasteiger partial charge >= 0.3 is 11.9 Å². The molecule has 2 aromatic rings. The maximum atomic E-state index is 12.3. The number of benzene rings is 2. The van der Waals surface area contributed by atoms with Gasteiger partial charge in [0.15, 0.2) is 0 Å². The van der Waals surface area contributed by atoms with Gasteiger partial charge in [-0.1, -0.05) is 56.3 Å². The Morgan fingerprint density at radius 2 is 1.84 bits per heavy atom. The number of carboxylic acid groups (broad SMARTS) is 1. The Morgan fingerprint density at radius 1 is 1.16 bits per heavy atom. The molecule has 0 radical (unpaired) electrons. The highest BCUT2D eigenvalue weighted by atomic mass is 16.5. The average molecular weight is 339 g/mol. The van der Waals surface area contributed by atoms with Crippen molar-refractivity contribution in [2.45, 2.75) is 32.4 Å². The molecular formula is C20H21NO4. The first-order chi connectivity index (χ1) is 11.9. The zero-order valence-electron chi connectivity index (χ0n) is 14.3. The van der Waals surface area contributed by atoms with E-state index in [0.717, 1.165) is 23.1 Å². The van der Waals surface area contributed by atoms with Gasteiger partial charge in [-0.15, -0.1) is 0 Å². The topological polar surface area (TPSA) is 89.6 Å². The number of nitrogens with two attached hydrogens (primary N) is 1. The molecule has 0 bridgehead atoms. The monoisotopic (exact) mass is 339 g/mol. The first-order valence-corrected chi connectivity index (χ1v) is 8.24. The molecule has 3 N–H and O–H groups in total. The molecule has 3 rings (SSSR count). The maximum Gasteiger partial charge on any atom is 0.338 e. The molecule has 5 nitrogen and oxygen atoms in total. The quantitative estimate of drug-likeness (QED) is 0.551. The van der Waals surface area contributed by atoms with E-state index in [0.29, 0.717) is 0 Å². The van der Waals surface area contributed by atoms with Gasteiger partial charge in [0, 0.05) is 0 Å². The van der Waals surface area contributed by atoms with Crippen molar-refractivity contribution in [2.24, 2.45) is 11.7 Å². The minimum absolute atomic E-state index is 0.00887. The van der Waals surface area contributed by atoms with E-state index >= 15 is 0 Å². The second kappa shape index (κ2) is 6.33. The summed E-state index contributed by atoms with van der Waals surface area (Å²) < 4.78 is 5.30. The number of esters is 1. The van der Waals surface area contributed by atoms with E-state index in [1.54, 1.807) is 13.8 Å². The number of rotatable bonds is 5. The van der Waals surface area contributed by atoms with E-state index in [-0.39, 0.29) is 6.61 Å². The number of hydrogen-bond acceptors (Lipinski definition) is 4. The molecule has 1 aliphatic rings. The highest BCUT2D eigenvalue weighted by molar-refractivity contribution is 6.04. The summed E-state index contributed by atoms with van der Waals surface area (Å²) in [4.78, 5) is 23.7. The van der Waals surface area contributed by atoms with E-state index in [4.69, 9.17) is 10.5 Å². The summed E-state index contributed by atoms with van der Waals surface area (Å²) in [6, 6.07) is 14.0. The first-order valence-electron chi connectivity index (χ1n) is 8.24. The summed E-state index contributed by atoms with van der Waals surface area (Å²) in [6.45, 7) is 3.19. The third kappa shape index (κ3) is 2.81. The van der Waals surface area contributed by atoms with Gasteiger partial charge in [-0.2, -0.15) is 0 Å². The van der Waals surface area contributed by atoms with Gasteiger partial charge in [-0.25, -0.2) is 9.59 Å². The number of carboxylic acids is 1. The highest BCUT2D eigenvalue weighted by Crippen LogP contribution is 2.38. The summed E-state index contributed by atoms with van der Waals surface area (Å²) in [6.07, 6.45) is 0.774. The number of carbonyl (C=O) groups excluding carboxylic acids is 1. The van der Waals surface area contributed by atoms with Crippen molar-refractivity contribution >= 4 is 11.9 Å². The molecule has 1 unspecified atom stereocenters. The van der Waals surface area contributed by atoms with Gasteiger partial charge in [0.2, 0.25) is 5.54 Å². The third-order valence-corrected chi connectivity index (χ3v) is 4.91. The molecule has 0 aliphatic heterocycles. The number of carbonyl (C=O) groups is 2. The fourth-order valence-corrected chi connectivity index (χ4v) is 3.19. The SMILES string of the molecule is CC(C)C(N)(C(=O)O)C(=O)OCc1cccc2c1Cc1ccccc1-2. The van der Waals surface area contributed by atoms with Crippen molar-refractivity contribution in [3.8, 4) is 11.1 Å². The van der Waals surface area contributed by atoms with Gasteiger partial charge in [0.05, 0.1) is 0 Å². The maximum absolute atomic E-state index is 12.3. The van der Waals surface area contributed by atoms with Crippen molar-refractivity contribution in [3.05, 3.63) is 59.2 Å². The molecule has 0 saturated carbocycles. The van der Waals surface area contributed by atoms with Gasteiger partial charge in [-0.05, 0) is 40.2 Å². The lowest BCUT2D eigenvalue weighted by atomic mass is 9.87. The molecule has 5 heteroatoms. The minimum atomic E-state index is -2.04. The molecular weight excluding hydrogens is 318 g/mol. The summed E-state index contributed by atoms with van der Waals surface area (Å²) in [7, 11) is 0. The Balaban J connectivity index is 1.82. The van der Waals surface area contributed by atoms with E-state index in [9.17, 15) is 14.7 Å². The molecule has 0 heterocycles. The predicted octanol–water partition coefficient (Wildman–Crippen LogP) is 2.74. The van der Waals surface area contributed by atoms with Crippen LogP contribution in [0.1, 0.15) is 30.5 Å². The lowest BCUT2D eigenvalue weighted by Crippen LogP contribution is -2.59. The molecule has 0 spiro atoms. The fraction of sp³-hybridized carbons (Fsp3) is 0.300. The van der Waals surface area contributed by atoms with Crippen molar-refractivity contribution in [1.82, 2.24) is 0 Å². The van der Waals surface area contributed by atoms with Crippen LogP contribution in [-0.2, 0) is 27.4 Å². The van der Waals surface area contributed by atoms with Crippen LogP contribution in [0.2, 0.25) is 0 Å². The lowest BCUT2D eigenvalue weighted by Gasteiger charge is -2.26. The van der Waals surface area contributed by atoms with Crippen molar-refractivity contribution in [3.63, 3.8) is 0 Å². The Kier molecular flexibility index (Phi) is 4.35. The Bertz CT molecular complexity index is 843. The standard InChI is InChI=1S/C20H21NO4/c1-12(2)20(21,18(22)23)19(24)25-11-14-7-5-9-16-15-8-4-3-6-13(15)10-17(14)16/h3-9,12H,10-11,21H2,1-2H3,(H,22,23). The van der Waals surface area contributed by atoms with Crippen LogP contribution in [0.25, 0.3) is 11.1 Å². The van der Waals surface area contributed by atoms with Crippen LogP contribution in [0, 0.1) is 5.92 Å². The van der Waals surface area contributed by atoms with Crippen LogP contribution in [0.15, 0.2) is 42.5 Å². The summed E-state index contributed by atoms with van der Waals surface area (Å²) in [5.41, 5.74) is 9.29. The third-order valence-electron chi connectivity index (χ3n) is 4.91. The number of hydrogen-bond donors (Lipinski definition) is 2. The number of fused-ring (bicyclic) bond motifs is 3. The predicted molar refractivity (Wildman–Crippen MR) is 93.9 cm³/mol. The van der Waals surface area contributed by atoms with Crippen molar-refractivity contribution in [1.29, 1.82) is 0 Å². The van der Waals surface area contributed by atoms with Crippen LogP contribution in [0.3, 0.4) is 0 Å². The molecule has 0 aromatic heterocycles. The molecule has 1 aliphatic carbocycles. The van der Waals surface area contributed by atoms with E-state index in [1.807, 2.05) is 30.3 Å².